The molecule has 1 fully saturated rings. The van der Waals surface area contributed by atoms with E-state index in [9.17, 15) is 25.2 Å². The average molecular weight is 263 g/mol. The van der Waals surface area contributed by atoms with Crippen molar-refractivity contribution in [1.29, 1.82) is 0 Å². The summed E-state index contributed by atoms with van der Waals surface area (Å²) in [6.45, 7) is -0.611. The van der Waals surface area contributed by atoms with E-state index in [2.05, 4.69) is 9.73 Å². The number of carbonyl (C=O) groups is 1. The Labute approximate surface area is 101 Å². The summed E-state index contributed by atoms with van der Waals surface area (Å²) in [5.41, 5.74) is 0. The molecule has 0 saturated carbocycles. The van der Waals surface area contributed by atoms with Gasteiger partial charge in [0, 0.05) is 0 Å². The van der Waals surface area contributed by atoms with Crippen molar-refractivity contribution in [3.8, 4) is 0 Å². The van der Waals surface area contributed by atoms with Gasteiger partial charge in [0.2, 0.25) is 12.0 Å². The molecule has 2 aliphatic rings. The number of hydrogen-bond donors (Lipinski definition) is 5. The third-order valence-electron chi connectivity index (χ3n) is 2.92. The lowest BCUT2D eigenvalue weighted by Gasteiger charge is -2.41. The van der Waals surface area contributed by atoms with E-state index < -0.39 is 55.2 Å². The first-order chi connectivity index (χ1) is 8.45. The van der Waals surface area contributed by atoms with Crippen LogP contribution in [0.15, 0.2) is 4.99 Å². The standard InChI is InChI=1S/C9H13NO8/c11-1-2-3(12)4(13)5(14)6(17-2)7-8(15)10-9(16)18-7/h2-7,11-14H,1H2,(H,10,15,16)/t2-,3-,4+,5+,6?,7?/m1/s1. The molecule has 2 aliphatic heterocycles. The zero-order chi connectivity index (χ0) is 13.4. The van der Waals surface area contributed by atoms with Crippen LogP contribution in [0.1, 0.15) is 0 Å². The fraction of sp³-hybridized carbons (Fsp3) is 0.778. The Hall–Kier alpha value is -1.26. The van der Waals surface area contributed by atoms with Crippen LogP contribution >= 0.6 is 0 Å². The molecule has 18 heavy (non-hydrogen) atoms. The molecule has 0 bridgehead atoms. The van der Waals surface area contributed by atoms with Gasteiger partial charge in [-0.05, 0) is 0 Å². The molecule has 0 spiro atoms. The van der Waals surface area contributed by atoms with E-state index in [4.69, 9.17) is 9.84 Å². The minimum absolute atomic E-state index is 0.611. The molecule has 0 aliphatic carbocycles. The van der Waals surface area contributed by atoms with Gasteiger partial charge in [-0.3, -0.25) is 0 Å². The van der Waals surface area contributed by atoms with Gasteiger partial charge < -0.3 is 35.0 Å². The van der Waals surface area contributed by atoms with Gasteiger partial charge in [0.15, 0.2) is 0 Å². The molecule has 2 unspecified atom stereocenters. The number of aliphatic imine (C=N–C) groups is 1. The quantitative estimate of drug-likeness (QED) is 0.361. The molecule has 1 saturated heterocycles. The van der Waals surface area contributed by atoms with Crippen molar-refractivity contribution in [2.45, 2.75) is 36.6 Å². The maximum absolute atomic E-state index is 10.8. The second kappa shape index (κ2) is 4.78. The summed E-state index contributed by atoms with van der Waals surface area (Å²) in [4.78, 5) is 13.9. The molecule has 1 amide bonds. The van der Waals surface area contributed by atoms with Crippen molar-refractivity contribution >= 4 is 12.0 Å². The number of carbonyl (C=O) groups excluding carboxylic acids is 1. The fourth-order valence-electron chi connectivity index (χ4n) is 1.94. The Balaban J connectivity index is 2.17. The van der Waals surface area contributed by atoms with Crippen molar-refractivity contribution in [1.82, 2.24) is 0 Å². The second-order valence-electron chi connectivity index (χ2n) is 4.07. The molecule has 9 nitrogen and oxygen atoms in total. The highest BCUT2D eigenvalue weighted by atomic mass is 16.6. The number of nitrogens with zero attached hydrogens (tertiary/aromatic N) is 1. The molecule has 2 heterocycles. The van der Waals surface area contributed by atoms with Gasteiger partial charge in [0.05, 0.1) is 6.61 Å². The highest BCUT2D eigenvalue weighted by molar-refractivity contribution is 5.95. The number of amides is 1. The third kappa shape index (κ3) is 2.06. The van der Waals surface area contributed by atoms with Gasteiger partial charge >= 0.3 is 6.09 Å². The number of rotatable bonds is 2. The predicted molar refractivity (Wildman–Crippen MR) is 54.1 cm³/mol. The molecule has 6 atom stereocenters. The van der Waals surface area contributed by atoms with Crippen molar-refractivity contribution in [2.75, 3.05) is 6.61 Å². The van der Waals surface area contributed by atoms with Crippen molar-refractivity contribution in [3.63, 3.8) is 0 Å². The van der Waals surface area contributed by atoms with E-state index in [1.54, 1.807) is 0 Å². The maximum Gasteiger partial charge on any atom is 0.437 e. The lowest BCUT2D eigenvalue weighted by atomic mass is 9.92. The van der Waals surface area contributed by atoms with Gasteiger partial charge in [0.25, 0.3) is 0 Å². The summed E-state index contributed by atoms with van der Waals surface area (Å²) in [5, 5.41) is 47.1. The highest BCUT2D eigenvalue weighted by Gasteiger charge is 2.50. The minimum Gasteiger partial charge on any atom is -0.493 e. The van der Waals surface area contributed by atoms with Crippen LogP contribution in [0.4, 0.5) is 4.79 Å². The van der Waals surface area contributed by atoms with E-state index >= 15 is 0 Å². The number of cyclic esters (lactones) is 1. The van der Waals surface area contributed by atoms with Gasteiger partial charge in [-0.25, -0.2) is 4.79 Å². The summed E-state index contributed by atoms with van der Waals surface area (Å²) in [5.74, 6) is -0.690. The molecule has 102 valence electrons. The molecule has 0 aromatic rings. The first-order valence-corrected chi connectivity index (χ1v) is 5.24. The first kappa shape index (κ1) is 13.2. The van der Waals surface area contributed by atoms with E-state index in [0.29, 0.717) is 0 Å². The number of hydrogen-bond acceptors (Lipinski definition) is 7. The van der Waals surface area contributed by atoms with Gasteiger partial charge in [-0.2, -0.15) is 0 Å². The van der Waals surface area contributed by atoms with Crippen molar-refractivity contribution in [3.05, 3.63) is 0 Å². The van der Waals surface area contributed by atoms with Crippen LogP contribution in [0.25, 0.3) is 0 Å². The van der Waals surface area contributed by atoms with Crippen LogP contribution in [-0.4, -0.2) is 80.8 Å². The van der Waals surface area contributed by atoms with E-state index in [-0.39, 0.29) is 0 Å². The Morgan fingerprint density at radius 3 is 2.33 bits per heavy atom. The topological polar surface area (TPSA) is 149 Å². The Kier molecular flexibility index (Phi) is 3.50. The van der Waals surface area contributed by atoms with Gasteiger partial charge in [-0.15, -0.1) is 4.99 Å². The molecule has 5 N–H and O–H groups in total. The third-order valence-corrected chi connectivity index (χ3v) is 2.92. The van der Waals surface area contributed by atoms with Crippen LogP contribution in [0.5, 0.6) is 0 Å². The van der Waals surface area contributed by atoms with Crippen LogP contribution < -0.4 is 0 Å². The van der Waals surface area contributed by atoms with Crippen LogP contribution in [-0.2, 0) is 9.47 Å². The SMILES string of the molecule is O=C1N=C(O)C(C2O[C@H](CO)[C@@H](O)[C@H](O)[C@@H]2O)O1. The molecule has 2 rings (SSSR count). The van der Waals surface area contributed by atoms with Crippen molar-refractivity contribution < 1.29 is 39.8 Å². The summed E-state index contributed by atoms with van der Waals surface area (Å²) in [6, 6.07) is 0. The number of aliphatic hydroxyl groups is 5. The normalized spacial score (nSPS) is 44.7. The average Bonchev–Trinajstić information content (AvgIpc) is 2.66. The van der Waals surface area contributed by atoms with E-state index in [1.807, 2.05) is 0 Å². The fourth-order valence-corrected chi connectivity index (χ4v) is 1.94. The van der Waals surface area contributed by atoms with E-state index in [1.165, 1.54) is 0 Å². The van der Waals surface area contributed by atoms with Gasteiger partial charge in [0.1, 0.15) is 30.5 Å². The molecule has 9 heteroatoms. The summed E-state index contributed by atoms with van der Waals surface area (Å²) in [6.07, 6.45) is -9.60. The zero-order valence-electron chi connectivity index (χ0n) is 9.08. The lowest BCUT2D eigenvalue weighted by Crippen LogP contribution is -2.62. The maximum atomic E-state index is 10.8. The molecular formula is C9H13NO8. The Morgan fingerprint density at radius 2 is 1.83 bits per heavy atom. The number of aliphatic hydroxyl groups excluding tert-OH is 5. The molecular weight excluding hydrogens is 250 g/mol. The summed E-state index contributed by atoms with van der Waals surface area (Å²) >= 11 is 0. The van der Waals surface area contributed by atoms with Crippen LogP contribution in [0.3, 0.4) is 0 Å². The van der Waals surface area contributed by atoms with E-state index in [0.717, 1.165) is 0 Å². The van der Waals surface area contributed by atoms with Crippen LogP contribution in [0.2, 0.25) is 0 Å². The Morgan fingerprint density at radius 1 is 1.17 bits per heavy atom. The van der Waals surface area contributed by atoms with Crippen molar-refractivity contribution in [2.24, 2.45) is 4.99 Å². The van der Waals surface area contributed by atoms with Gasteiger partial charge in [-0.1, -0.05) is 0 Å². The monoisotopic (exact) mass is 263 g/mol. The largest absolute Gasteiger partial charge is 0.493 e. The smallest absolute Gasteiger partial charge is 0.437 e. The first-order valence-electron chi connectivity index (χ1n) is 5.24. The number of ether oxygens (including phenoxy) is 2. The molecule has 0 radical (unpaired) electrons. The molecule has 0 aromatic carbocycles. The molecule has 0 aromatic heterocycles. The second-order valence-corrected chi connectivity index (χ2v) is 4.07. The summed E-state index contributed by atoms with van der Waals surface area (Å²) < 4.78 is 9.71. The summed E-state index contributed by atoms with van der Waals surface area (Å²) in [7, 11) is 0. The minimum atomic E-state index is -1.60. The lowest BCUT2D eigenvalue weighted by molar-refractivity contribution is -0.241. The Bertz CT molecular complexity index is 370. The zero-order valence-corrected chi connectivity index (χ0v) is 9.08. The highest BCUT2D eigenvalue weighted by Crippen LogP contribution is 2.26. The predicted octanol–water partition coefficient (Wildman–Crippen LogP) is -2.70. The van der Waals surface area contributed by atoms with Crippen LogP contribution in [0, 0.1) is 0 Å².